The molecule has 2 rings (SSSR count). The first kappa shape index (κ1) is 10.7. The third kappa shape index (κ3) is 1.91. The molecule has 0 radical (unpaired) electrons. The summed E-state index contributed by atoms with van der Waals surface area (Å²) >= 11 is 0. The van der Waals surface area contributed by atoms with Gasteiger partial charge in [-0.2, -0.15) is 0 Å². The van der Waals surface area contributed by atoms with Gasteiger partial charge in [-0.3, -0.25) is 4.79 Å². The van der Waals surface area contributed by atoms with Gasteiger partial charge >= 0.3 is 0 Å². The van der Waals surface area contributed by atoms with Crippen LogP contribution in [0.5, 0.6) is 0 Å². The van der Waals surface area contributed by atoms with Crippen molar-refractivity contribution in [1.29, 1.82) is 0 Å². The second-order valence-electron chi connectivity index (χ2n) is 3.78. The molecule has 2 heterocycles. The highest BCUT2D eigenvalue weighted by Gasteiger charge is 2.10. The Labute approximate surface area is 94.3 Å². The molecule has 0 bridgehead atoms. The fourth-order valence-corrected chi connectivity index (χ4v) is 1.59. The third-order valence-electron chi connectivity index (χ3n) is 2.46. The van der Waals surface area contributed by atoms with Crippen molar-refractivity contribution >= 4 is 11.6 Å². The maximum atomic E-state index is 11.7. The van der Waals surface area contributed by atoms with E-state index < -0.39 is 0 Å². The predicted molar refractivity (Wildman–Crippen MR) is 62.6 cm³/mol. The number of carbonyl (C=O) groups is 1. The standard InChI is InChI=1S/C12H15N3O/c1-3-7-13-12(16)10-8-15-9(2)5-4-6-11(15)14-10/h4-6,8H,3,7H2,1-2H3,(H,13,16). The van der Waals surface area contributed by atoms with Crippen molar-refractivity contribution in [3.8, 4) is 0 Å². The Morgan fingerprint density at radius 2 is 2.31 bits per heavy atom. The van der Waals surface area contributed by atoms with E-state index in [9.17, 15) is 4.79 Å². The van der Waals surface area contributed by atoms with Gasteiger partial charge in [-0.25, -0.2) is 4.98 Å². The molecule has 0 fully saturated rings. The van der Waals surface area contributed by atoms with E-state index in [2.05, 4.69) is 10.3 Å². The lowest BCUT2D eigenvalue weighted by Crippen LogP contribution is -2.24. The fourth-order valence-electron chi connectivity index (χ4n) is 1.59. The SMILES string of the molecule is CCCNC(=O)c1cn2c(C)cccc2n1. The molecule has 0 atom stereocenters. The van der Waals surface area contributed by atoms with E-state index in [1.807, 2.05) is 36.4 Å². The molecule has 0 unspecified atom stereocenters. The van der Waals surface area contributed by atoms with Gasteiger partial charge in [-0.05, 0) is 25.5 Å². The Kier molecular flexibility index (Phi) is 2.90. The van der Waals surface area contributed by atoms with Crippen LogP contribution in [-0.2, 0) is 0 Å². The minimum atomic E-state index is -0.107. The van der Waals surface area contributed by atoms with Gasteiger partial charge in [0.05, 0.1) is 0 Å². The van der Waals surface area contributed by atoms with Crippen LogP contribution in [0.25, 0.3) is 5.65 Å². The first-order chi connectivity index (χ1) is 7.72. The van der Waals surface area contributed by atoms with Gasteiger partial charge in [0.15, 0.2) is 0 Å². The molecule has 1 N–H and O–H groups in total. The number of aryl methyl sites for hydroxylation is 1. The average Bonchev–Trinajstić information content (AvgIpc) is 2.71. The third-order valence-corrected chi connectivity index (χ3v) is 2.46. The summed E-state index contributed by atoms with van der Waals surface area (Å²) in [7, 11) is 0. The Hall–Kier alpha value is -1.84. The first-order valence-electron chi connectivity index (χ1n) is 5.45. The summed E-state index contributed by atoms with van der Waals surface area (Å²) in [6, 6.07) is 5.82. The largest absolute Gasteiger partial charge is 0.351 e. The lowest BCUT2D eigenvalue weighted by atomic mass is 10.4. The highest BCUT2D eigenvalue weighted by atomic mass is 16.1. The van der Waals surface area contributed by atoms with E-state index in [1.165, 1.54) is 0 Å². The second-order valence-corrected chi connectivity index (χ2v) is 3.78. The van der Waals surface area contributed by atoms with Crippen molar-refractivity contribution in [2.24, 2.45) is 0 Å². The number of imidazole rings is 1. The van der Waals surface area contributed by atoms with Crippen molar-refractivity contribution in [1.82, 2.24) is 14.7 Å². The van der Waals surface area contributed by atoms with Gasteiger partial charge in [0.25, 0.3) is 5.91 Å². The lowest BCUT2D eigenvalue weighted by molar-refractivity contribution is 0.0949. The molecule has 0 saturated heterocycles. The van der Waals surface area contributed by atoms with Gasteiger partial charge in [-0.1, -0.05) is 13.0 Å². The monoisotopic (exact) mass is 217 g/mol. The van der Waals surface area contributed by atoms with Crippen LogP contribution in [0.1, 0.15) is 29.5 Å². The van der Waals surface area contributed by atoms with Crippen molar-refractivity contribution in [2.75, 3.05) is 6.54 Å². The first-order valence-corrected chi connectivity index (χ1v) is 5.45. The summed E-state index contributed by atoms with van der Waals surface area (Å²) in [6.45, 7) is 4.70. The Morgan fingerprint density at radius 3 is 3.00 bits per heavy atom. The maximum Gasteiger partial charge on any atom is 0.271 e. The summed E-state index contributed by atoms with van der Waals surface area (Å²) in [5.41, 5.74) is 2.35. The Morgan fingerprint density at radius 1 is 1.50 bits per heavy atom. The zero-order chi connectivity index (χ0) is 11.5. The van der Waals surface area contributed by atoms with Crippen LogP contribution < -0.4 is 5.32 Å². The molecule has 0 aliphatic heterocycles. The summed E-state index contributed by atoms with van der Waals surface area (Å²) < 4.78 is 1.92. The smallest absolute Gasteiger partial charge is 0.271 e. The van der Waals surface area contributed by atoms with Crippen molar-refractivity contribution in [2.45, 2.75) is 20.3 Å². The van der Waals surface area contributed by atoms with Crippen LogP contribution in [0.3, 0.4) is 0 Å². The summed E-state index contributed by atoms with van der Waals surface area (Å²) in [6.07, 6.45) is 2.70. The van der Waals surface area contributed by atoms with Gasteiger partial charge < -0.3 is 9.72 Å². The van der Waals surface area contributed by atoms with Gasteiger partial charge in [0.2, 0.25) is 0 Å². The van der Waals surface area contributed by atoms with Crippen molar-refractivity contribution in [3.63, 3.8) is 0 Å². The number of rotatable bonds is 3. The molecule has 0 aromatic carbocycles. The molecular formula is C12H15N3O. The average molecular weight is 217 g/mol. The summed E-state index contributed by atoms with van der Waals surface area (Å²) in [4.78, 5) is 16.0. The van der Waals surface area contributed by atoms with Crippen LogP contribution >= 0.6 is 0 Å². The molecule has 0 aliphatic carbocycles. The summed E-state index contributed by atoms with van der Waals surface area (Å²) in [5, 5.41) is 2.81. The zero-order valence-electron chi connectivity index (χ0n) is 9.53. The molecule has 84 valence electrons. The van der Waals surface area contributed by atoms with E-state index in [0.29, 0.717) is 12.2 Å². The maximum absolute atomic E-state index is 11.7. The number of nitrogens with zero attached hydrogens (tertiary/aromatic N) is 2. The molecule has 1 amide bonds. The molecule has 2 aromatic rings. The van der Waals surface area contributed by atoms with E-state index in [0.717, 1.165) is 17.8 Å². The minimum absolute atomic E-state index is 0.107. The van der Waals surface area contributed by atoms with E-state index in [-0.39, 0.29) is 5.91 Å². The second kappa shape index (κ2) is 4.35. The predicted octanol–water partition coefficient (Wildman–Crippen LogP) is 1.78. The van der Waals surface area contributed by atoms with Crippen LogP contribution in [0.4, 0.5) is 0 Å². The zero-order valence-corrected chi connectivity index (χ0v) is 9.53. The molecule has 0 spiro atoms. The number of fused-ring (bicyclic) bond motifs is 1. The van der Waals surface area contributed by atoms with Crippen LogP contribution in [0.15, 0.2) is 24.4 Å². The fraction of sp³-hybridized carbons (Fsp3) is 0.333. The minimum Gasteiger partial charge on any atom is -0.351 e. The number of pyridine rings is 1. The molecule has 0 saturated carbocycles. The van der Waals surface area contributed by atoms with Gasteiger partial charge in [0, 0.05) is 18.4 Å². The number of aromatic nitrogens is 2. The van der Waals surface area contributed by atoms with Crippen LogP contribution in [0, 0.1) is 6.92 Å². The number of carbonyl (C=O) groups excluding carboxylic acids is 1. The molecule has 2 aromatic heterocycles. The van der Waals surface area contributed by atoms with Crippen LogP contribution in [0.2, 0.25) is 0 Å². The van der Waals surface area contributed by atoms with E-state index in [1.54, 1.807) is 6.20 Å². The Balaban J connectivity index is 2.32. The Bertz CT molecular complexity index is 516. The molecule has 4 heteroatoms. The van der Waals surface area contributed by atoms with Crippen LogP contribution in [-0.4, -0.2) is 21.8 Å². The van der Waals surface area contributed by atoms with E-state index >= 15 is 0 Å². The number of nitrogens with one attached hydrogen (secondary N) is 1. The number of hydrogen-bond donors (Lipinski definition) is 1. The number of hydrogen-bond acceptors (Lipinski definition) is 2. The molecule has 0 aliphatic rings. The number of amides is 1. The highest BCUT2D eigenvalue weighted by molar-refractivity contribution is 5.92. The topological polar surface area (TPSA) is 46.4 Å². The van der Waals surface area contributed by atoms with Crippen molar-refractivity contribution < 1.29 is 4.79 Å². The summed E-state index contributed by atoms with van der Waals surface area (Å²) in [5.74, 6) is -0.107. The normalized spacial score (nSPS) is 10.6. The molecule has 16 heavy (non-hydrogen) atoms. The molecule has 4 nitrogen and oxygen atoms in total. The van der Waals surface area contributed by atoms with Gasteiger partial charge in [0.1, 0.15) is 11.3 Å². The quantitative estimate of drug-likeness (QED) is 0.851. The van der Waals surface area contributed by atoms with Crippen molar-refractivity contribution in [3.05, 3.63) is 35.8 Å². The van der Waals surface area contributed by atoms with E-state index in [4.69, 9.17) is 0 Å². The lowest BCUT2D eigenvalue weighted by Gasteiger charge is -1.98. The van der Waals surface area contributed by atoms with Gasteiger partial charge in [-0.15, -0.1) is 0 Å². The molecular weight excluding hydrogens is 202 g/mol. The highest BCUT2D eigenvalue weighted by Crippen LogP contribution is 2.08.